The topological polar surface area (TPSA) is 64.6 Å². The number of nitrogens with zero attached hydrogens (tertiary/aromatic N) is 1. The zero-order valence-electron chi connectivity index (χ0n) is 13.5. The molecule has 0 bridgehead atoms. The molecule has 1 fully saturated rings. The summed E-state index contributed by atoms with van der Waals surface area (Å²) in [5.41, 5.74) is 1.10. The van der Waals surface area contributed by atoms with Crippen LogP contribution in [0.2, 0.25) is 0 Å². The number of aliphatic hydroxyl groups is 1. The van der Waals surface area contributed by atoms with Crippen LogP contribution in [0.15, 0.2) is 30.3 Å². The molecule has 122 valence electrons. The number of benzene rings is 1. The fourth-order valence-corrected chi connectivity index (χ4v) is 2.89. The Balaban J connectivity index is 1.90. The first-order valence-electron chi connectivity index (χ1n) is 7.99. The number of nitrogens with one attached hydrogen (secondary N) is 2. The van der Waals surface area contributed by atoms with Crippen molar-refractivity contribution in [3.05, 3.63) is 35.9 Å². The maximum Gasteiger partial charge on any atom is 0.315 e. The lowest BCUT2D eigenvalue weighted by molar-refractivity contribution is 0.117. The Labute approximate surface area is 132 Å². The minimum atomic E-state index is -0.202. The summed E-state index contributed by atoms with van der Waals surface area (Å²) in [5.74, 6) is 0. The molecule has 22 heavy (non-hydrogen) atoms. The van der Waals surface area contributed by atoms with Gasteiger partial charge in [-0.25, -0.2) is 4.79 Å². The molecule has 2 amide bonds. The normalized spacial score (nSPS) is 23.1. The molecule has 3 N–H and O–H groups in total. The van der Waals surface area contributed by atoms with Gasteiger partial charge in [0, 0.05) is 12.6 Å². The molecule has 1 unspecified atom stereocenters. The van der Waals surface area contributed by atoms with Gasteiger partial charge in [0.25, 0.3) is 0 Å². The quantitative estimate of drug-likeness (QED) is 0.778. The number of hydrogen-bond acceptors (Lipinski definition) is 3. The van der Waals surface area contributed by atoms with Gasteiger partial charge in [-0.1, -0.05) is 30.3 Å². The number of hydrogen-bond donors (Lipinski definition) is 3. The van der Waals surface area contributed by atoms with Crippen LogP contribution in [0, 0.1) is 0 Å². The molecule has 5 nitrogen and oxygen atoms in total. The van der Waals surface area contributed by atoms with Crippen molar-refractivity contribution in [3.63, 3.8) is 0 Å². The van der Waals surface area contributed by atoms with E-state index >= 15 is 0 Å². The number of likely N-dealkylation sites (N-methyl/N-ethyl adjacent to an activating group) is 1. The van der Waals surface area contributed by atoms with Gasteiger partial charge < -0.3 is 20.6 Å². The Hall–Kier alpha value is -1.59. The average Bonchev–Trinajstić information content (AvgIpc) is 2.49. The summed E-state index contributed by atoms with van der Waals surface area (Å²) in [7, 11) is 4.00. The Morgan fingerprint density at radius 2 is 1.86 bits per heavy atom. The average molecular weight is 305 g/mol. The lowest BCUT2D eigenvalue weighted by atomic mass is 9.93. The molecule has 0 heterocycles. The van der Waals surface area contributed by atoms with E-state index in [4.69, 9.17) is 0 Å². The van der Waals surface area contributed by atoms with E-state index in [9.17, 15) is 9.90 Å². The maximum absolute atomic E-state index is 12.3. The molecular formula is C17H27N3O2. The second-order valence-corrected chi connectivity index (χ2v) is 6.35. The smallest absolute Gasteiger partial charge is 0.315 e. The van der Waals surface area contributed by atoms with E-state index in [0.717, 1.165) is 37.8 Å². The van der Waals surface area contributed by atoms with Crippen molar-refractivity contribution >= 4 is 6.03 Å². The molecule has 1 aromatic carbocycles. The third-order valence-corrected chi connectivity index (χ3v) is 4.09. The largest absolute Gasteiger partial charge is 0.393 e. The SMILES string of the molecule is CN(C)CC(NC(=O)NC1CCC(O)CC1)c1ccccc1. The van der Waals surface area contributed by atoms with E-state index in [-0.39, 0.29) is 24.2 Å². The number of urea groups is 1. The number of carbonyl (C=O) groups excluding carboxylic acids is 1. The van der Waals surface area contributed by atoms with Gasteiger partial charge in [-0.3, -0.25) is 0 Å². The Kier molecular flexibility index (Phi) is 6.21. The first kappa shape index (κ1) is 16.8. The van der Waals surface area contributed by atoms with Crippen LogP contribution in [0.3, 0.4) is 0 Å². The Morgan fingerprint density at radius 3 is 2.45 bits per heavy atom. The summed E-state index contributed by atoms with van der Waals surface area (Å²) >= 11 is 0. The molecule has 1 saturated carbocycles. The Morgan fingerprint density at radius 1 is 1.23 bits per heavy atom. The summed E-state index contributed by atoms with van der Waals surface area (Å²) < 4.78 is 0. The molecule has 5 heteroatoms. The van der Waals surface area contributed by atoms with Crippen LogP contribution in [-0.4, -0.2) is 48.8 Å². The Bertz CT molecular complexity index is 456. The van der Waals surface area contributed by atoms with Gasteiger partial charge >= 0.3 is 6.03 Å². The second kappa shape index (κ2) is 8.15. The minimum Gasteiger partial charge on any atom is -0.393 e. The molecule has 1 aliphatic rings. The fraction of sp³-hybridized carbons (Fsp3) is 0.588. The number of carbonyl (C=O) groups is 1. The first-order chi connectivity index (χ1) is 10.5. The fourth-order valence-electron chi connectivity index (χ4n) is 2.89. The molecule has 0 spiro atoms. The number of amides is 2. The first-order valence-corrected chi connectivity index (χ1v) is 7.99. The predicted molar refractivity (Wildman–Crippen MR) is 87.7 cm³/mol. The van der Waals surface area contributed by atoms with Crippen molar-refractivity contribution < 1.29 is 9.90 Å². The van der Waals surface area contributed by atoms with Crippen molar-refractivity contribution in [1.29, 1.82) is 0 Å². The van der Waals surface area contributed by atoms with Crippen molar-refractivity contribution in [1.82, 2.24) is 15.5 Å². The van der Waals surface area contributed by atoms with Crippen LogP contribution in [0.25, 0.3) is 0 Å². The summed E-state index contributed by atoms with van der Waals surface area (Å²) in [6.07, 6.45) is 3.03. The zero-order chi connectivity index (χ0) is 15.9. The van der Waals surface area contributed by atoms with Crippen molar-refractivity contribution in [2.45, 2.75) is 43.9 Å². The van der Waals surface area contributed by atoms with E-state index in [2.05, 4.69) is 15.5 Å². The summed E-state index contributed by atoms with van der Waals surface area (Å²) in [6.45, 7) is 0.751. The summed E-state index contributed by atoms with van der Waals surface area (Å²) in [4.78, 5) is 14.3. The van der Waals surface area contributed by atoms with Gasteiger partial charge in [-0.2, -0.15) is 0 Å². The molecule has 0 saturated heterocycles. The standard InChI is InChI=1S/C17H27N3O2/c1-20(2)12-16(13-6-4-3-5-7-13)19-17(22)18-14-8-10-15(21)11-9-14/h3-7,14-16,21H,8-12H2,1-2H3,(H2,18,19,22). The summed E-state index contributed by atoms with van der Waals surface area (Å²) in [5, 5.41) is 15.6. The highest BCUT2D eigenvalue weighted by atomic mass is 16.3. The van der Waals surface area contributed by atoms with Crippen molar-refractivity contribution in [2.24, 2.45) is 0 Å². The molecule has 0 aromatic heterocycles. The molecule has 1 aromatic rings. The highest BCUT2D eigenvalue weighted by Gasteiger charge is 2.22. The van der Waals surface area contributed by atoms with E-state index in [1.165, 1.54) is 0 Å². The van der Waals surface area contributed by atoms with E-state index in [1.54, 1.807) is 0 Å². The van der Waals surface area contributed by atoms with Crippen molar-refractivity contribution in [3.8, 4) is 0 Å². The van der Waals surface area contributed by atoms with Crippen LogP contribution < -0.4 is 10.6 Å². The van der Waals surface area contributed by atoms with Gasteiger partial charge in [0.2, 0.25) is 0 Å². The monoisotopic (exact) mass is 305 g/mol. The third-order valence-electron chi connectivity index (χ3n) is 4.09. The van der Waals surface area contributed by atoms with Gasteiger partial charge in [0.15, 0.2) is 0 Å². The lowest BCUT2D eigenvalue weighted by Crippen LogP contribution is -2.46. The molecule has 1 atom stereocenters. The highest BCUT2D eigenvalue weighted by molar-refractivity contribution is 5.74. The third kappa shape index (κ3) is 5.31. The summed E-state index contributed by atoms with van der Waals surface area (Å²) in [6, 6.07) is 10.0. The van der Waals surface area contributed by atoms with Crippen LogP contribution in [0.1, 0.15) is 37.3 Å². The van der Waals surface area contributed by atoms with E-state index in [1.807, 2.05) is 44.4 Å². The van der Waals surface area contributed by atoms with Crippen LogP contribution in [0.4, 0.5) is 4.79 Å². The molecule has 1 aliphatic carbocycles. The van der Waals surface area contributed by atoms with Crippen LogP contribution >= 0.6 is 0 Å². The van der Waals surface area contributed by atoms with Gasteiger partial charge in [0.1, 0.15) is 0 Å². The number of aliphatic hydroxyl groups excluding tert-OH is 1. The van der Waals surface area contributed by atoms with E-state index < -0.39 is 0 Å². The van der Waals surface area contributed by atoms with E-state index in [0.29, 0.717) is 0 Å². The van der Waals surface area contributed by atoms with Crippen LogP contribution in [0.5, 0.6) is 0 Å². The van der Waals surface area contributed by atoms with Crippen molar-refractivity contribution in [2.75, 3.05) is 20.6 Å². The zero-order valence-corrected chi connectivity index (χ0v) is 13.5. The minimum absolute atomic E-state index is 0.0367. The van der Waals surface area contributed by atoms with Gasteiger partial charge in [-0.15, -0.1) is 0 Å². The van der Waals surface area contributed by atoms with Crippen LogP contribution in [-0.2, 0) is 0 Å². The molecular weight excluding hydrogens is 278 g/mol. The molecule has 0 aliphatic heterocycles. The van der Waals surface area contributed by atoms with Gasteiger partial charge in [0.05, 0.1) is 12.1 Å². The van der Waals surface area contributed by atoms with Gasteiger partial charge in [-0.05, 0) is 45.3 Å². The number of rotatable bonds is 5. The predicted octanol–water partition coefficient (Wildman–Crippen LogP) is 1.89. The molecule has 0 radical (unpaired) electrons. The highest BCUT2D eigenvalue weighted by Crippen LogP contribution is 2.18. The lowest BCUT2D eigenvalue weighted by Gasteiger charge is -2.28. The molecule has 2 rings (SSSR count). The second-order valence-electron chi connectivity index (χ2n) is 6.35. The maximum atomic E-state index is 12.3.